The number of aromatic nitrogens is 1. The van der Waals surface area contributed by atoms with E-state index in [2.05, 4.69) is 10.3 Å². The number of nitrogens with zero attached hydrogens (tertiary/aromatic N) is 2. The number of hydrogen-bond acceptors (Lipinski definition) is 7. The Kier molecular flexibility index (Phi) is 5.22. The molecular weight excluding hydrogens is 397 g/mol. The van der Waals surface area contributed by atoms with E-state index in [1.165, 1.54) is 23.9 Å². The number of rotatable bonds is 6. The highest BCUT2D eigenvalue weighted by molar-refractivity contribution is 8.00. The van der Waals surface area contributed by atoms with Gasteiger partial charge in [0.15, 0.2) is 11.6 Å². The lowest BCUT2D eigenvalue weighted by molar-refractivity contribution is -0.385. The monoisotopic (exact) mass is 413 g/mol. The summed E-state index contributed by atoms with van der Waals surface area (Å²) in [6.45, 7) is 0. The van der Waals surface area contributed by atoms with Gasteiger partial charge in [-0.3, -0.25) is 15.1 Å². The second-order valence-electron chi connectivity index (χ2n) is 6.25. The summed E-state index contributed by atoms with van der Waals surface area (Å²) in [6, 6.07) is 12.6. The van der Waals surface area contributed by atoms with Crippen LogP contribution in [0.25, 0.3) is 0 Å². The largest absolute Gasteiger partial charge is 0.497 e. The number of thioether (sulfide) groups is 1. The van der Waals surface area contributed by atoms with Crippen LogP contribution >= 0.6 is 11.8 Å². The molecule has 0 fully saturated rings. The molecule has 0 saturated heterocycles. The first-order chi connectivity index (χ1) is 14.0. The standard InChI is InChI=1S/C20H16FN3O4S/c1-27-14-4-2-3-12(9-14)23-19-11-16-20(29-19)18(7-8-22-16)28-17-6-5-13(24(25)26)10-15(17)21/h2-10,19,23H,11H2,1H3. The number of pyridine rings is 1. The van der Waals surface area contributed by atoms with E-state index < -0.39 is 10.7 Å². The van der Waals surface area contributed by atoms with Gasteiger partial charge in [0.05, 0.1) is 34.1 Å². The molecule has 0 aliphatic carbocycles. The molecule has 4 rings (SSSR count). The van der Waals surface area contributed by atoms with Crippen molar-refractivity contribution < 1.29 is 18.8 Å². The number of fused-ring (bicyclic) bond motifs is 1. The maximum atomic E-state index is 14.2. The number of halogens is 1. The number of nitrogens with one attached hydrogen (secondary N) is 1. The molecule has 0 amide bonds. The SMILES string of the molecule is COc1cccc(NC2Cc3nccc(Oc4ccc([N+](=O)[O-])cc4F)c3S2)c1. The van der Waals surface area contributed by atoms with Gasteiger partial charge in [-0.15, -0.1) is 0 Å². The summed E-state index contributed by atoms with van der Waals surface area (Å²) in [5.41, 5.74) is 1.43. The molecule has 0 spiro atoms. The summed E-state index contributed by atoms with van der Waals surface area (Å²) in [4.78, 5) is 15.3. The average Bonchev–Trinajstić information content (AvgIpc) is 3.13. The van der Waals surface area contributed by atoms with Crippen LogP contribution in [-0.4, -0.2) is 22.4 Å². The zero-order chi connectivity index (χ0) is 20.4. The van der Waals surface area contributed by atoms with Crippen LogP contribution < -0.4 is 14.8 Å². The fourth-order valence-corrected chi connectivity index (χ4v) is 4.19. The van der Waals surface area contributed by atoms with Crippen LogP contribution in [0.2, 0.25) is 0 Å². The minimum atomic E-state index is -0.793. The van der Waals surface area contributed by atoms with Gasteiger partial charge in [-0.25, -0.2) is 4.39 Å². The maximum absolute atomic E-state index is 14.2. The number of nitro groups is 1. The summed E-state index contributed by atoms with van der Waals surface area (Å²) in [5.74, 6) is 0.349. The Hall–Kier alpha value is -3.33. The second kappa shape index (κ2) is 7.96. The molecule has 1 aliphatic heterocycles. The van der Waals surface area contributed by atoms with Crippen molar-refractivity contribution in [3.63, 3.8) is 0 Å². The van der Waals surface area contributed by atoms with Crippen LogP contribution in [0, 0.1) is 15.9 Å². The molecule has 1 N–H and O–H groups in total. The van der Waals surface area contributed by atoms with Gasteiger partial charge in [0.2, 0.25) is 0 Å². The highest BCUT2D eigenvalue weighted by atomic mass is 32.2. The number of methoxy groups -OCH3 is 1. The van der Waals surface area contributed by atoms with E-state index in [4.69, 9.17) is 9.47 Å². The highest BCUT2D eigenvalue weighted by Crippen LogP contribution is 2.44. The fourth-order valence-electron chi connectivity index (χ4n) is 2.97. The lowest BCUT2D eigenvalue weighted by Crippen LogP contribution is -2.14. The Labute approximate surface area is 170 Å². The number of ether oxygens (including phenoxy) is 2. The molecule has 29 heavy (non-hydrogen) atoms. The lowest BCUT2D eigenvalue weighted by atomic mass is 10.2. The molecule has 0 saturated carbocycles. The van der Waals surface area contributed by atoms with Crippen molar-refractivity contribution in [3.8, 4) is 17.2 Å². The first kappa shape index (κ1) is 19.0. The summed E-state index contributed by atoms with van der Waals surface area (Å²) in [6.07, 6.45) is 2.27. The predicted molar refractivity (Wildman–Crippen MR) is 107 cm³/mol. The molecule has 148 valence electrons. The molecule has 2 heterocycles. The normalized spacial score (nSPS) is 14.9. The van der Waals surface area contributed by atoms with Crippen molar-refractivity contribution in [3.05, 3.63) is 76.4 Å². The van der Waals surface area contributed by atoms with Crippen molar-refractivity contribution in [1.82, 2.24) is 4.98 Å². The van der Waals surface area contributed by atoms with E-state index in [1.807, 2.05) is 24.3 Å². The molecule has 1 unspecified atom stereocenters. The van der Waals surface area contributed by atoms with E-state index in [-0.39, 0.29) is 16.8 Å². The first-order valence-corrected chi connectivity index (χ1v) is 9.58. The molecule has 2 aromatic carbocycles. The van der Waals surface area contributed by atoms with Gasteiger partial charge < -0.3 is 14.8 Å². The Bertz CT molecular complexity index is 1080. The van der Waals surface area contributed by atoms with Crippen molar-refractivity contribution >= 4 is 23.1 Å². The fraction of sp³-hybridized carbons (Fsp3) is 0.150. The topological polar surface area (TPSA) is 86.5 Å². The number of benzene rings is 2. The Morgan fingerprint density at radius 1 is 1.24 bits per heavy atom. The third-order valence-corrected chi connectivity index (χ3v) is 5.57. The first-order valence-electron chi connectivity index (χ1n) is 8.70. The van der Waals surface area contributed by atoms with E-state index in [0.717, 1.165) is 28.1 Å². The van der Waals surface area contributed by atoms with Crippen LogP contribution in [0.3, 0.4) is 0 Å². The summed E-state index contributed by atoms with van der Waals surface area (Å²) in [5, 5.41) is 14.2. The Morgan fingerprint density at radius 3 is 2.86 bits per heavy atom. The third-order valence-electron chi connectivity index (χ3n) is 4.32. The van der Waals surface area contributed by atoms with Crippen LogP contribution in [0.15, 0.2) is 59.6 Å². The zero-order valence-electron chi connectivity index (χ0n) is 15.3. The van der Waals surface area contributed by atoms with Crippen molar-refractivity contribution in [2.75, 3.05) is 12.4 Å². The Balaban J connectivity index is 1.52. The van der Waals surface area contributed by atoms with E-state index in [9.17, 15) is 14.5 Å². The number of hydrogen-bond donors (Lipinski definition) is 1. The molecule has 9 heteroatoms. The van der Waals surface area contributed by atoms with Gasteiger partial charge in [0.1, 0.15) is 11.5 Å². The van der Waals surface area contributed by atoms with Crippen molar-refractivity contribution in [2.24, 2.45) is 0 Å². The average molecular weight is 413 g/mol. The predicted octanol–water partition coefficient (Wildman–Crippen LogP) is 5.02. The molecule has 1 aliphatic rings. The zero-order valence-corrected chi connectivity index (χ0v) is 16.1. The Morgan fingerprint density at radius 2 is 2.10 bits per heavy atom. The number of nitro benzene ring substituents is 1. The van der Waals surface area contributed by atoms with Gasteiger partial charge in [-0.1, -0.05) is 17.8 Å². The van der Waals surface area contributed by atoms with Gasteiger partial charge in [-0.05, 0) is 18.2 Å². The van der Waals surface area contributed by atoms with Crippen LogP contribution in [0.1, 0.15) is 5.69 Å². The van der Waals surface area contributed by atoms with Crippen molar-refractivity contribution in [1.29, 1.82) is 0 Å². The number of non-ortho nitro benzene ring substituents is 1. The highest BCUT2D eigenvalue weighted by Gasteiger charge is 2.27. The third kappa shape index (κ3) is 4.09. The quantitative estimate of drug-likeness (QED) is 0.449. The van der Waals surface area contributed by atoms with E-state index >= 15 is 0 Å². The summed E-state index contributed by atoms with van der Waals surface area (Å²) < 4.78 is 25.2. The summed E-state index contributed by atoms with van der Waals surface area (Å²) in [7, 11) is 1.62. The molecular formula is C20H16FN3O4S. The van der Waals surface area contributed by atoms with Crippen LogP contribution in [-0.2, 0) is 6.42 Å². The van der Waals surface area contributed by atoms with Gasteiger partial charge in [0, 0.05) is 36.5 Å². The second-order valence-corrected chi connectivity index (χ2v) is 7.46. The maximum Gasteiger partial charge on any atom is 0.272 e. The molecule has 0 radical (unpaired) electrons. The molecule has 7 nitrogen and oxygen atoms in total. The molecule has 1 atom stereocenters. The molecule has 0 bridgehead atoms. The van der Waals surface area contributed by atoms with E-state index in [1.54, 1.807) is 19.4 Å². The van der Waals surface area contributed by atoms with Crippen LogP contribution in [0.5, 0.6) is 17.2 Å². The molecule has 3 aromatic rings. The smallest absolute Gasteiger partial charge is 0.272 e. The van der Waals surface area contributed by atoms with E-state index in [0.29, 0.717) is 12.2 Å². The minimum Gasteiger partial charge on any atom is -0.497 e. The van der Waals surface area contributed by atoms with Gasteiger partial charge in [0.25, 0.3) is 5.69 Å². The number of anilines is 1. The summed E-state index contributed by atoms with van der Waals surface area (Å²) >= 11 is 1.53. The van der Waals surface area contributed by atoms with Crippen molar-refractivity contribution in [2.45, 2.75) is 16.7 Å². The van der Waals surface area contributed by atoms with Crippen LogP contribution in [0.4, 0.5) is 15.8 Å². The lowest BCUT2D eigenvalue weighted by Gasteiger charge is -2.14. The van der Waals surface area contributed by atoms with Gasteiger partial charge in [-0.2, -0.15) is 0 Å². The van der Waals surface area contributed by atoms with Gasteiger partial charge >= 0.3 is 0 Å². The molecule has 1 aromatic heterocycles. The minimum absolute atomic E-state index is 0.0241.